The van der Waals surface area contributed by atoms with Crippen molar-refractivity contribution in [2.24, 2.45) is 0 Å². The molecule has 1 unspecified atom stereocenters. The van der Waals surface area contributed by atoms with Crippen molar-refractivity contribution in [3.05, 3.63) is 0 Å². The minimum Gasteiger partial charge on any atom is -0.477 e. The van der Waals surface area contributed by atoms with Gasteiger partial charge in [-0.25, -0.2) is 4.79 Å². The van der Waals surface area contributed by atoms with Crippen LogP contribution in [0.15, 0.2) is 0 Å². The lowest BCUT2D eigenvalue weighted by molar-refractivity contribution is -0.364. The number of rotatable bonds is 11. The number of aliphatic hydroxyl groups excluding tert-OH is 11. The Hall–Kier alpha value is -1.70. The summed E-state index contributed by atoms with van der Waals surface area (Å²) in [6.45, 7) is -1.76. The minimum absolute atomic E-state index is 0.719. The number of hydrogen-bond donors (Lipinski definition) is 13. The molecule has 20 nitrogen and oxygen atoms in total. The van der Waals surface area contributed by atoms with Crippen LogP contribution in [0.5, 0.6) is 0 Å². The maximum atomic E-state index is 12.3. The summed E-state index contributed by atoms with van der Waals surface area (Å²) in [7, 11) is 0. The number of carbonyl (C=O) groups excluding carboxylic acids is 1. The summed E-state index contributed by atoms with van der Waals surface area (Å²) in [5.41, 5.74) is 0. The Morgan fingerprint density at radius 1 is 0.930 bits per heavy atom. The van der Waals surface area contributed by atoms with Gasteiger partial charge in [0.25, 0.3) is 5.79 Å². The lowest BCUT2D eigenvalue weighted by atomic mass is 9.88. The second-order valence-corrected chi connectivity index (χ2v) is 10.5. The molecule has 0 spiro atoms. The Morgan fingerprint density at radius 3 is 2.14 bits per heavy atom. The van der Waals surface area contributed by atoms with E-state index in [1.54, 1.807) is 0 Å². The van der Waals surface area contributed by atoms with Crippen LogP contribution in [0.2, 0.25) is 0 Å². The first-order valence-electron chi connectivity index (χ1n) is 13.2. The number of aliphatic hydroxyl groups is 11. The van der Waals surface area contributed by atoms with Gasteiger partial charge in [-0.05, 0) is 0 Å². The Labute approximate surface area is 243 Å². The molecule has 3 fully saturated rings. The van der Waals surface area contributed by atoms with E-state index in [-0.39, 0.29) is 0 Å². The first-order valence-corrected chi connectivity index (χ1v) is 13.2. The summed E-state index contributed by atoms with van der Waals surface area (Å²) in [4.78, 5) is 24.0. The quantitative estimate of drug-likeness (QED) is 0.100. The third kappa shape index (κ3) is 7.58. The van der Waals surface area contributed by atoms with Crippen molar-refractivity contribution in [2.75, 3.05) is 19.8 Å². The van der Waals surface area contributed by atoms with Crippen molar-refractivity contribution < 1.29 is 94.6 Å². The Morgan fingerprint density at radius 2 is 1.58 bits per heavy atom. The zero-order valence-electron chi connectivity index (χ0n) is 22.7. The molecule has 0 aromatic rings. The van der Waals surface area contributed by atoms with Crippen molar-refractivity contribution in [3.8, 4) is 0 Å². The number of carboxylic acid groups (broad SMARTS) is 1. The average Bonchev–Trinajstić information content (AvgIpc) is 2.96. The molecule has 0 aromatic carbocycles. The number of ether oxygens (including phenoxy) is 5. The van der Waals surface area contributed by atoms with Gasteiger partial charge in [0.15, 0.2) is 12.6 Å². The molecule has 1 amide bonds. The van der Waals surface area contributed by atoms with Crippen molar-refractivity contribution in [2.45, 2.75) is 111 Å². The largest absolute Gasteiger partial charge is 0.477 e. The summed E-state index contributed by atoms with van der Waals surface area (Å²) in [5.74, 6) is -5.42. The highest BCUT2D eigenvalue weighted by atomic mass is 16.8. The van der Waals surface area contributed by atoms with E-state index in [0.29, 0.717) is 0 Å². The number of carboxylic acids is 1. The molecule has 20 heteroatoms. The Kier molecular flexibility index (Phi) is 12.1. The molecule has 0 saturated carbocycles. The molecule has 0 aromatic heterocycles. The smallest absolute Gasteiger partial charge is 0.364 e. The number of hydrogen-bond acceptors (Lipinski definition) is 18. The predicted molar refractivity (Wildman–Crippen MR) is 130 cm³/mol. The maximum absolute atomic E-state index is 12.3. The molecule has 3 aliphatic rings. The van der Waals surface area contributed by atoms with Crippen molar-refractivity contribution in [3.63, 3.8) is 0 Å². The fraction of sp³-hybridized carbons (Fsp3) is 0.913. The van der Waals surface area contributed by atoms with Crippen molar-refractivity contribution in [1.29, 1.82) is 0 Å². The minimum atomic E-state index is -2.83. The topological polar surface area (TPSA) is 335 Å². The molecule has 250 valence electrons. The van der Waals surface area contributed by atoms with Gasteiger partial charge in [0, 0.05) is 13.3 Å². The third-order valence-corrected chi connectivity index (χ3v) is 7.47. The molecule has 0 aliphatic carbocycles. The fourth-order valence-corrected chi connectivity index (χ4v) is 5.05. The predicted octanol–water partition coefficient (Wildman–Crippen LogP) is -8.22. The van der Waals surface area contributed by atoms with Gasteiger partial charge in [0.05, 0.1) is 32.0 Å². The van der Waals surface area contributed by atoms with Gasteiger partial charge in [-0.1, -0.05) is 0 Å². The van der Waals surface area contributed by atoms with Crippen LogP contribution < -0.4 is 5.32 Å². The van der Waals surface area contributed by atoms with E-state index in [1.165, 1.54) is 0 Å². The first-order chi connectivity index (χ1) is 20.1. The Bertz CT molecular complexity index is 942. The number of aliphatic carboxylic acids is 1. The van der Waals surface area contributed by atoms with Crippen LogP contribution in [0.3, 0.4) is 0 Å². The molecule has 3 saturated heterocycles. The molecular weight excluding hydrogens is 594 g/mol. The first kappa shape index (κ1) is 35.8. The summed E-state index contributed by atoms with van der Waals surface area (Å²) in [6.07, 6.45) is -27.0. The summed E-state index contributed by atoms with van der Waals surface area (Å²) >= 11 is 0. The lowest BCUT2D eigenvalue weighted by Gasteiger charge is -2.48. The van der Waals surface area contributed by atoms with E-state index >= 15 is 0 Å². The molecule has 0 radical (unpaired) electrons. The van der Waals surface area contributed by atoms with Crippen LogP contribution in [0.1, 0.15) is 13.3 Å². The molecule has 16 atom stereocenters. The van der Waals surface area contributed by atoms with Crippen molar-refractivity contribution in [1.82, 2.24) is 5.32 Å². The van der Waals surface area contributed by atoms with Crippen molar-refractivity contribution >= 4 is 11.9 Å². The van der Waals surface area contributed by atoms with E-state index in [2.05, 4.69) is 5.32 Å². The fourth-order valence-electron chi connectivity index (χ4n) is 5.05. The zero-order chi connectivity index (χ0) is 32.4. The molecule has 0 bridgehead atoms. The second-order valence-electron chi connectivity index (χ2n) is 10.5. The zero-order valence-corrected chi connectivity index (χ0v) is 22.7. The molecule has 13 N–H and O–H groups in total. The SMILES string of the molecule is CC(=O)N[C@H]1[C@H]([C@H](O)[C@H](O)CO)O[C@](OC[C@H]2O[C@@H](O[C@H]3[C@H](O)[C@@H](O)C(O)O[C@@H]3CO)[C@H](O)[C@@H](O)[C@H]2O)(C(=O)O)C[C@@H]1O. The molecule has 3 rings (SSSR count). The second kappa shape index (κ2) is 14.6. The number of carbonyl (C=O) groups is 2. The number of amides is 1. The monoisotopic (exact) mass is 633 g/mol. The van der Waals surface area contributed by atoms with Gasteiger partial charge in [0.1, 0.15) is 67.1 Å². The van der Waals surface area contributed by atoms with Gasteiger partial charge < -0.3 is 90.3 Å². The van der Waals surface area contributed by atoms with Gasteiger partial charge >= 0.3 is 5.97 Å². The maximum Gasteiger partial charge on any atom is 0.364 e. The summed E-state index contributed by atoms with van der Waals surface area (Å²) in [6, 6.07) is -1.48. The third-order valence-electron chi connectivity index (χ3n) is 7.47. The van der Waals surface area contributed by atoms with Crippen LogP contribution in [0, 0.1) is 0 Å². The van der Waals surface area contributed by atoms with Gasteiger partial charge in [-0.2, -0.15) is 0 Å². The van der Waals surface area contributed by atoms with E-state index in [9.17, 15) is 70.9 Å². The van der Waals surface area contributed by atoms with Gasteiger partial charge in [-0.3, -0.25) is 4.79 Å². The van der Waals surface area contributed by atoms with E-state index in [0.717, 1.165) is 6.92 Å². The Balaban J connectivity index is 1.82. The highest BCUT2D eigenvalue weighted by molar-refractivity contribution is 5.76. The standard InChI is InChI=1S/C23H39NO19/c1-6(27)24-11-7(28)2-23(22(37)38,43-19(11)12(30)8(29)3-25)39-5-10-13(31)14(32)17(35)21(41-10)42-18-9(4-26)40-20(36)16(34)15(18)33/h7-21,25-26,28-36H,2-5H2,1H3,(H,24,27)(H,37,38)/t7-,8+,9+,10+,11+,12+,13-,14-,15+,16+,17+,18+,19+,20?,21-,23-/m0/s1. The van der Waals surface area contributed by atoms with E-state index < -0.39 is 136 Å². The lowest BCUT2D eigenvalue weighted by Crippen LogP contribution is -2.68. The molecule has 43 heavy (non-hydrogen) atoms. The van der Waals surface area contributed by atoms with E-state index in [4.69, 9.17) is 23.7 Å². The van der Waals surface area contributed by atoms with Gasteiger partial charge in [0.2, 0.25) is 5.91 Å². The molecular formula is C23H39NO19. The van der Waals surface area contributed by atoms with Crippen LogP contribution in [-0.2, 0) is 33.3 Å². The van der Waals surface area contributed by atoms with Crippen LogP contribution in [-0.4, -0.2) is 191 Å². The van der Waals surface area contributed by atoms with Crippen LogP contribution in [0.25, 0.3) is 0 Å². The highest BCUT2D eigenvalue weighted by Crippen LogP contribution is 2.35. The average molecular weight is 634 g/mol. The van der Waals surface area contributed by atoms with Gasteiger partial charge in [-0.15, -0.1) is 0 Å². The normalized spacial score (nSPS) is 45.3. The summed E-state index contributed by atoms with van der Waals surface area (Å²) in [5, 5.41) is 123. The summed E-state index contributed by atoms with van der Waals surface area (Å²) < 4.78 is 26.7. The van der Waals surface area contributed by atoms with Crippen LogP contribution >= 0.6 is 0 Å². The van der Waals surface area contributed by atoms with E-state index in [1.807, 2.05) is 0 Å². The van der Waals surface area contributed by atoms with Crippen LogP contribution in [0.4, 0.5) is 0 Å². The highest BCUT2D eigenvalue weighted by Gasteiger charge is 2.57. The molecule has 3 aliphatic heterocycles. The number of nitrogens with one attached hydrogen (secondary N) is 1. The molecule has 3 heterocycles.